The Hall–Kier alpha value is -2.40. The average Bonchev–Trinajstić information content (AvgIpc) is 2.50. The molecule has 0 saturated carbocycles. The number of benzene rings is 2. The van der Waals surface area contributed by atoms with Gasteiger partial charge in [0.2, 0.25) is 0 Å². The van der Waals surface area contributed by atoms with E-state index in [1.807, 2.05) is 6.92 Å². The zero-order valence-corrected chi connectivity index (χ0v) is 12.2. The third-order valence-corrected chi connectivity index (χ3v) is 4.06. The van der Waals surface area contributed by atoms with Crippen LogP contribution in [-0.4, -0.2) is 20.4 Å². The second-order valence-electron chi connectivity index (χ2n) is 5.51. The Balaban J connectivity index is 1.99. The van der Waals surface area contributed by atoms with Gasteiger partial charge in [-0.1, -0.05) is 13.0 Å². The maximum Gasteiger partial charge on any atom is 0.157 e. The monoisotopic (exact) mass is 302 g/mol. The van der Waals surface area contributed by atoms with Gasteiger partial charge in [-0.05, 0) is 47.4 Å². The summed E-state index contributed by atoms with van der Waals surface area (Å²) in [5, 5.41) is 38.4. The van der Waals surface area contributed by atoms with Gasteiger partial charge in [-0.2, -0.15) is 0 Å². The summed E-state index contributed by atoms with van der Waals surface area (Å²) in [5.41, 5.74) is 2.54. The number of hydrogen-bond donors (Lipinski definition) is 4. The van der Waals surface area contributed by atoms with Crippen molar-refractivity contribution < 1.29 is 25.2 Å². The van der Waals surface area contributed by atoms with Gasteiger partial charge in [-0.15, -0.1) is 0 Å². The molecule has 0 radical (unpaired) electrons. The predicted octanol–water partition coefficient (Wildman–Crippen LogP) is 3.27. The molecule has 2 atom stereocenters. The molecule has 1 aliphatic heterocycles. The minimum absolute atomic E-state index is 0.150. The van der Waals surface area contributed by atoms with Gasteiger partial charge >= 0.3 is 0 Å². The lowest BCUT2D eigenvalue weighted by atomic mass is 9.90. The van der Waals surface area contributed by atoms with Crippen LogP contribution in [0.1, 0.15) is 42.2 Å². The van der Waals surface area contributed by atoms with Crippen LogP contribution in [-0.2, 0) is 11.2 Å². The summed E-state index contributed by atoms with van der Waals surface area (Å²) in [6.45, 7) is 1.98. The number of aromatic hydroxyl groups is 4. The van der Waals surface area contributed by atoms with Crippen LogP contribution in [0.2, 0.25) is 0 Å². The Morgan fingerprint density at radius 1 is 0.955 bits per heavy atom. The second-order valence-corrected chi connectivity index (χ2v) is 5.51. The number of phenols is 4. The Morgan fingerprint density at radius 2 is 1.64 bits per heavy atom. The van der Waals surface area contributed by atoms with Crippen LogP contribution < -0.4 is 0 Å². The van der Waals surface area contributed by atoms with Crippen LogP contribution in [0.5, 0.6) is 23.0 Å². The Bertz CT molecular complexity index is 710. The molecule has 1 heterocycles. The van der Waals surface area contributed by atoms with Crippen molar-refractivity contribution in [2.75, 3.05) is 0 Å². The van der Waals surface area contributed by atoms with E-state index < -0.39 is 0 Å². The molecule has 2 unspecified atom stereocenters. The highest BCUT2D eigenvalue weighted by Crippen LogP contribution is 2.43. The van der Waals surface area contributed by atoms with Crippen LogP contribution in [0, 0.1) is 0 Å². The molecule has 0 saturated heterocycles. The van der Waals surface area contributed by atoms with E-state index in [1.165, 1.54) is 12.1 Å². The molecule has 116 valence electrons. The largest absolute Gasteiger partial charge is 0.504 e. The molecule has 0 spiro atoms. The molecule has 2 aromatic rings. The van der Waals surface area contributed by atoms with Gasteiger partial charge in [0.15, 0.2) is 23.0 Å². The minimum atomic E-state index is -0.284. The zero-order chi connectivity index (χ0) is 15.9. The van der Waals surface area contributed by atoms with Crippen LogP contribution in [0.15, 0.2) is 30.3 Å². The maximum absolute atomic E-state index is 9.71. The molecular formula is C17H18O5. The zero-order valence-electron chi connectivity index (χ0n) is 12.2. The van der Waals surface area contributed by atoms with Gasteiger partial charge in [0.05, 0.1) is 12.2 Å². The standard InChI is InChI=1S/C17H18O5/c1-2-16-11-8-15(21)14(20)6-10(11)7-17(22-16)9-3-4-12(18)13(19)5-9/h3-6,8,16-21H,2,7H2,1H3. The lowest BCUT2D eigenvalue weighted by molar-refractivity contribution is -0.0295. The number of rotatable bonds is 2. The molecule has 0 aromatic heterocycles. The molecule has 0 fully saturated rings. The van der Waals surface area contributed by atoms with Gasteiger partial charge in [0, 0.05) is 6.42 Å². The first-order valence-electron chi connectivity index (χ1n) is 7.21. The molecule has 2 aromatic carbocycles. The minimum Gasteiger partial charge on any atom is -0.504 e. The summed E-state index contributed by atoms with van der Waals surface area (Å²) in [6, 6.07) is 7.72. The summed E-state index contributed by atoms with van der Waals surface area (Å²) in [7, 11) is 0. The molecule has 0 amide bonds. The van der Waals surface area contributed by atoms with Crippen LogP contribution in [0.4, 0.5) is 0 Å². The molecule has 1 aliphatic rings. The van der Waals surface area contributed by atoms with E-state index in [4.69, 9.17) is 4.74 Å². The second kappa shape index (κ2) is 5.42. The normalized spacial score (nSPS) is 20.6. The van der Waals surface area contributed by atoms with E-state index in [-0.39, 0.29) is 35.2 Å². The van der Waals surface area contributed by atoms with Crippen molar-refractivity contribution in [2.45, 2.75) is 32.0 Å². The van der Waals surface area contributed by atoms with Crippen molar-refractivity contribution in [1.82, 2.24) is 0 Å². The fourth-order valence-electron chi connectivity index (χ4n) is 2.89. The van der Waals surface area contributed by atoms with E-state index in [1.54, 1.807) is 18.2 Å². The van der Waals surface area contributed by atoms with E-state index in [0.717, 1.165) is 23.1 Å². The van der Waals surface area contributed by atoms with Crippen molar-refractivity contribution in [3.8, 4) is 23.0 Å². The first-order valence-corrected chi connectivity index (χ1v) is 7.21. The number of fused-ring (bicyclic) bond motifs is 1. The fraction of sp³-hybridized carbons (Fsp3) is 0.294. The van der Waals surface area contributed by atoms with E-state index in [9.17, 15) is 20.4 Å². The van der Waals surface area contributed by atoms with Crippen molar-refractivity contribution >= 4 is 0 Å². The lowest BCUT2D eigenvalue weighted by Gasteiger charge is -2.32. The number of ether oxygens (including phenoxy) is 1. The van der Waals surface area contributed by atoms with Crippen molar-refractivity contribution in [3.63, 3.8) is 0 Å². The molecule has 3 rings (SSSR count). The summed E-state index contributed by atoms with van der Waals surface area (Å²) in [6.07, 6.45) is 0.755. The smallest absolute Gasteiger partial charge is 0.157 e. The summed E-state index contributed by atoms with van der Waals surface area (Å²) in [4.78, 5) is 0. The number of hydrogen-bond acceptors (Lipinski definition) is 5. The first kappa shape index (κ1) is 14.5. The molecular weight excluding hydrogens is 284 g/mol. The van der Waals surface area contributed by atoms with E-state index in [2.05, 4.69) is 0 Å². The van der Waals surface area contributed by atoms with Crippen LogP contribution in [0.3, 0.4) is 0 Å². The topological polar surface area (TPSA) is 90.2 Å². The molecule has 5 nitrogen and oxygen atoms in total. The SMILES string of the molecule is CCC1OC(c2ccc(O)c(O)c2)Cc2cc(O)c(O)cc21. The van der Waals surface area contributed by atoms with E-state index in [0.29, 0.717) is 6.42 Å². The Labute approximate surface area is 128 Å². The van der Waals surface area contributed by atoms with E-state index >= 15 is 0 Å². The average molecular weight is 302 g/mol. The van der Waals surface area contributed by atoms with Gasteiger partial charge in [-0.25, -0.2) is 0 Å². The molecule has 0 aliphatic carbocycles. The van der Waals surface area contributed by atoms with Gasteiger partial charge in [0.25, 0.3) is 0 Å². The van der Waals surface area contributed by atoms with Crippen molar-refractivity contribution in [3.05, 3.63) is 47.0 Å². The predicted molar refractivity (Wildman–Crippen MR) is 80.1 cm³/mol. The highest BCUT2D eigenvalue weighted by molar-refractivity contribution is 5.48. The Kier molecular flexibility index (Phi) is 3.58. The van der Waals surface area contributed by atoms with Gasteiger partial charge in [0.1, 0.15) is 0 Å². The molecule has 5 heteroatoms. The maximum atomic E-state index is 9.71. The van der Waals surface area contributed by atoms with Crippen LogP contribution in [0.25, 0.3) is 0 Å². The third kappa shape index (κ3) is 2.44. The summed E-state index contributed by atoms with van der Waals surface area (Å²) in [5.74, 6) is -0.660. The molecule has 4 N–H and O–H groups in total. The highest BCUT2D eigenvalue weighted by Gasteiger charge is 2.29. The summed E-state index contributed by atoms with van der Waals surface area (Å²) < 4.78 is 6.05. The van der Waals surface area contributed by atoms with Crippen LogP contribution >= 0.6 is 0 Å². The first-order chi connectivity index (χ1) is 10.5. The molecule has 22 heavy (non-hydrogen) atoms. The molecule has 0 bridgehead atoms. The Morgan fingerprint density at radius 3 is 2.32 bits per heavy atom. The van der Waals surface area contributed by atoms with Gasteiger partial charge in [-0.3, -0.25) is 0 Å². The van der Waals surface area contributed by atoms with Gasteiger partial charge < -0.3 is 25.2 Å². The summed E-state index contributed by atoms with van der Waals surface area (Å²) >= 11 is 0. The lowest BCUT2D eigenvalue weighted by Crippen LogP contribution is -2.20. The van der Waals surface area contributed by atoms with Crippen molar-refractivity contribution in [1.29, 1.82) is 0 Å². The number of phenolic OH excluding ortho intramolecular Hbond substituents is 4. The van der Waals surface area contributed by atoms with Crippen molar-refractivity contribution in [2.24, 2.45) is 0 Å². The quantitative estimate of drug-likeness (QED) is 0.639. The fourth-order valence-corrected chi connectivity index (χ4v) is 2.89. The highest BCUT2D eigenvalue weighted by atomic mass is 16.5. The third-order valence-electron chi connectivity index (χ3n) is 4.06.